The maximum absolute atomic E-state index is 6.00. The van der Waals surface area contributed by atoms with Gasteiger partial charge in [-0.2, -0.15) is 5.10 Å². The molecule has 1 saturated carbocycles. The second-order valence-electron chi connectivity index (χ2n) is 6.27. The fourth-order valence-electron chi connectivity index (χ4n) is 3.61. The maximum atomic E-state index is 6.00. The minimum absolute atomic E-state index is 0.516. The van der Waals surface area contributed by atoms with Gasteiger partial charge in [0.1, 0.15) is 0 Å². The summed E-state index contributed by atoms with van der Waals surface area (Å²) in [6, 6.07) is 0.516. The normalized spacial score (nSPS) is 27.7. The topological polar surface area (TPSA) is 43.8 Å². The Kier molecular flexibility index (Phi) is 4.67. The molecular weight excluding hydrogens is 234 g/mol. The van der Waals surface area contributed by atoms with Crippen molar-refractivity contribution in [1.29, 1.82) is 0 Å². The van der Waals surface area contributed by atoms with Crippen LogP contribution in [0.2, 0.25) is 0 Å². The van der Waals surface area contributed by atoms with Crippen LogP contribution in [0.25, 0.3) is 0 Å². The van der Waals surface area contributed by atoms with E-state index in [1.807, 2.05) is 0 Å². The van der Waals surface area contributed by atoms with E-state index in [-0.39, 0.29) is 0 Å². The molecule has 0 aromatic carbocycles. The van der Waals surface area contributed by atoms with Crippen LogP contribution in [0.3, 0.4) is 0 Å². The highest BCUT2D eigenvalue weighted by molar-refractivity contribution is 5.23. The van der Waals surface area contributed by atoms with Gasteiger partial charge in [-0.1, -0.05) is 19.8 Å². The quantitative estimate of drug-likeness (QED) is 0.903. The number of aromatic nitrogens is 2. The molecule has 1 aliphatic carbocycles. The molecule has 0 amide bonds. The predicted octanol–water partition coefficient (Wildman–Crippen LogP) is 3.52. The van der Waals surface area contributed by atoms with E-state index >= 15 is 0 Å². The second-order valence-corrected chi connectivity index (χ2v) is 6.27. The Morgan fingerprint density at radius 1 is 1.26 bits per heavy atom. The SMILES string of the molecule is CCCC1CCC(CN)C(n2nc(C)c(C)c2C)C1. The third-order valence-corrected chi connectivity index (χ3v) is 5.07. The zero-order valence-corrected chi connectivity index (χ0v) is 12.9. The first-order valence-electron chi connectivity index (χ1n) is 7.80. The van der Waals surface area contributed by atoms with Gasteiger partial charge in [-0.25, -0.2) is 0 Å². The van der Waals surface area contributed by atoms with Gasteiger partial charge < -0.3 is 5.73 Å². The summed E-state index contributed by atoms with van der Waals surface area (Å²) in [4.78, 5) is 0. The van der Waals surface area contributed by atoms with Gasteiger partial charge in [0.2, 0.25) is 0 Å². The van der Waals surface area contributed by atoms with E-state index in [1.54, 1.807) is 0 Å². The molecule has 1 heterocycles. The Balaban J connectivity index is 2.24. The van der Waals surface area contributed by atoms with Crippen LogP contribution < -0.4 is 5.73 Å². The zero-order chi connectivity index (χ0) is 14.0. The van der Waals surface area contributed by atoms with Gasteiger partial charge in [-0.15, -0.1) is 0 Å². The smallest absolute Gasteiger partial charge is 0.0625 e. The molecule has 1 aromatic rings. The van der Waals surface area contributed by atoms with Crippen LogP contribution in [0.1, 0.15) is 62.0 Å². The van der Waals surface area contributed by atoms with Crippen molar-refractivity contribution in [2.75, 3.05) is 6.54 Å². The fourth-order valence-corrected chi connectivity index (χ4v) is 3.61. The van der Waals surface area contributed by atoms with Gasteiger partial charge >= 0.3 is 0 Å². The van der Waals surface area contributed by atoms with Crippen molar-refractivity contribution >= 4 is 0 Å². The summed E-state index contributed by atoms with van der Waals surface area (Å²) in [6.07, 6.45) is 6.53. The lowest BCUT2D eigenvalue weighted by Gasteiger charge is -2.36. The van der Waals surface area contributed by atoms with E-state index in [1.165, 1.54) is 49.1 Å². The Morgan fingerprint density at radius 3 is 2.53 bits per heavy atom. The molecule has 19 heavy (non-hydrogen) atoms. The number of nitrogens with two attached hydrogens (primary N) is 1. The summed E-state index contributed by atoms with van der Waals surface area (Å²) in [5.41, 5.74) is 9.85. The van der Waals surface area contributed by atoms with Crippen LogP contribution in [0, 0.1) is 32.6 Å². The summed E-state index contributed by atoms with van der Waals surface area (Å²) in [5.74, 6) is 1.47. The van der Waals surface area contributed by atoms with E-state index in [9.17, 15) is 0 Å². The second kappa shape index (κ2) is 6.08. The van der Waals surface area contributed by atoms with Crippen LogP contribution >= 0.6 is 0 Å². The maximum Gasteiger partial charge on any atom is 0.0625 e. The van der Waals surface area contributed by atoms with Crippen LogP contribution in [-0.2, 0) is 0 Å². The lowest BCUT2D eigenvalue weighted by Crippen LogP contribution is -2.33. The van der Waals surface area contributed by atoms with E-state index in [0.717, 1.165) is 12.5 Å². The number of hydrogen-bond acceptors (Lipinski definition) is 2. The van der Waals surface area contributed by atoms with Crippen molar-refractivity contribution in [1.82, 2.24) is 9.78 Å². The first kappa shape index (κ1) is 14.6. The lowest BCUT2D eigenvalue weighted by atomic mass is 9.76. The van der Waals surface area contributed by atoms with E-state index < -0.39 is 0 Å². The van der Waals surface area contributed by atoms with E-state index in [4.69, 9.17) is 10.8 Å². The number of nitrogens with zero attached hydrogens (tertiary/aromatic N) is 2. The molecule has 3 unspecified atom stereocenters. The molecular formula is C16H29N3. The van der Waals surface area contributed by atoms with Gasteiger partial charge in [-0.3, -0.25) is 4.68 Å². The molecule has 0 bridgehead atoms. The van der Waals surface area contributed by atoms with E-state index in [2.05, 4.69) is 32.4 Å². The van der Waals surface area contributed by atoms with Crippen molar-refractivity contribution in [2.45, 2.75) is 65.8 Å². The standard InChI is InChI=1S/C16H29N3/c1-5-6-14-7-8-15(10-17)16(9-14)19-13(4)11(2)12(3)18-19/h14-16H,5-10,17H2,1-4H3. The van der Waals surface area contributed by atoms with Gasteiger partial charge in [0.25, 0.3) is 0 Å². The van der Waals surface area contributed by atoms with Gasteiger partial charge in [0.05, 0.1) is 11.7 Å². The zero-order valence-electron chi connectivity index (χ0n) is 12.9. The summed E-state index contributed by atoms with van der Waals surface area (Å²) in [7, 11) is 0. The molecule has 0 aliphatic heterocycles. The van der Waals surface area contributed by atoms with Crippen molar-refractivity contribution in [3.05, 3.63) is 17.0 Å². The average Bonchev–Trinajstić information content (AvgIpc) is 2.67. The molecule has 1 fully saturated rings. The number of aryl methyl sites for hydroxylation is 1. The summed E-state index contributed by atoms with van der Waals surface area (Å²) in [6.45, 7) is 9.57. The average molecular weight is 263 g/mol. The van der Waals surface area contributed by atoms with Crippen LogP contribution in [0.5, 0.6) is 0 Å². The van der Waals surface area contributed by atoms with Gasteiger partial charge in [0, 0.05) is 5.69 Å². The molecule has 1 aliphatic rings. The highest BCUT2D eigenvalue weighted by atomic mass is 15.3. The van der Waals surface area contributed by atoms with Crippen LogP contribution in [-0.4, -0.2) is 16.3 Å². The molecule has 108 valence electrons. The minimum atomic E-state index is 0.516. The summed E-state index contributed by atoms with van der Waals surface area (Å²) >= 11 is 0. The lowest BCUT2D eigenvalue weighted by molar-refractivity contribution is 0.167. The molecule has 2 N–H and O–H groups in total. The highest BCUT2D eigenvalue weighted by Crippen LogP contribution is 2.39. The largest absolute Gasteiger partial charge is 0.330 e. The van der Waals surface area contributed by atoms with Gasteiger partial charge in [-0.05, 0) is 64.0 Å². The third kappa shape index (κ3) is 2.86. The molecule has 0 radical (unpaired) electrons. The fraction of sp³-hybridized carbons (Fsp3) is 0.812. The molecule has 3 atom stereocenters. The molecule has 0 spiro atoms. The number of hydrogen-bond donors (Lipinski definition) is 1. The summed E-state index contributed by atoms with van der Waals surface area (Å²) in [5, 5.41) is 4.79. The van der Waals surface area contributed by atoms with Crippen LogP contribution in [0.15, 0.2) is 0 Å². The van der Waals surface area contributed by atoms with Crippen molar-refractivity contribution < 1.29 is 0 Å². The Morgan fingerprint density at radius 2 is 2.00 bits per heavy atom. The van der Waals surface area contributed by atoms with Crippen molar-refractivity contribution in [2.24, 2.45) is 17.6 Å². The molecule has 3 heteroatoms. The van der Waals surface area contributed by atoms with Crippen LogP contribution in [0.4, 0.5) is 0 Å². The van der Waals surface area contributed by atoms with E-state index in [0.29, 0.717) is 12.0 Å². The summed E-state index contributed by atoms with van der Waals surface area (Å²) < 4.78 is 2.28. The molecule has 0 saturated heterocycles. The number of rotatable bonds is 4. The first-order valence-corrected chi connectivity index (χ1v) is 7.80. The molecule has 3 nitrogen and oxygen atoms in total. The predicted molar refractivity (Wildman–Crippen MR) is 80.3 cm³/mol. The third-order valence-electron chi connectivity index (χ3n) is 5.07. The van der Waals surface area contributed by atoms with Crippen molar-refractivity contribution in [3.8, 4) is 0 Å². The first-order chi connectivity index (χ1) is 9.08. The Hall–Kier alpha value is -0.830. The van der Waals surface area contributed by atoms with Gasteiger partial charge in [0.15, 0.2) is 0 Å². The Bertz CT molecular complexity index is 422. The monoisotopic (exact) mass is 263 g/mol. The Labute approximate surface area is 117 Å². The molecule has 2 rings (SSSR count). The minimum Gasteiger partial charge on any atom is -0.330 e. The van der Waals surface area contributed by atoms with Crippen molar-refractivity contribution in [3.63, 3.8) is 0 Å². The highest BCUT2D eigenvalue weighted by Gasteiger charge is 2.32. The molecule has 1 aromatic heterocycles.